The van der Waals surface area contributed by atoms with Crippen LogP contribution in [0.5, 0.6) is 0 Å². The van der Waals surface area contributed by atoms with Crippen LogP contribution < -0.4 is 26.6 Å². The van der Waals surface area contributed by atoms with E-state index in [0.717, 1.165) is 44.6 Å². The fourth-order valence-electron chi connectivity index (χ4n) is 4.83. The number of piperidine rings is 1. The van der Waals surface area contributed by atoms with Gasteiger partial charge in [0.25, 0.3) is 0 Å². The lowest BCUT2D eigenvalue weighted by Gasteiger charge is -2.28. The number of benzene rings is 1. The number of nitrogens with two attached hydrogens (primary N) is 1. The first-order valence-corrected chi connectivity index (χ1v) is 12.9. The maximum Gasteiger partial charge on any atom is 0.226 e. The third kappa shape index (κ3) is 7.86. The Morgan fingerprint density at radius 2 is 1.55 bits per heavy atom. The van der Waals surface area contributed by atoms with Gasteiger partial charge in [0.15, 0.2) is 0 Å². The Labute approximate surface area is 199 Å². The van der Waals surface area contributed by atoms with Crippen LogP contribution in [0.3, 0.4) is 0 Å². The van der Waals surface area contributed by atoms with E-state index < -0.39 is 0 Å². The van der Waals surface area contributed by atoms with Crippen molar-refractivity contribution in [1.29, 1.82) is 0 Å². The average Bonchev–Trinajstić information content (AvgIpc) is 2.86. The van der Waals surface area contributed by atoms with Crippen molar-refractivity contribution < 1.29 is 0 Å². The highest BCUT2D eigenvalue weighted by atomic mass is 15.2. The number of nitrogens with zero attached hydrogens (tertiary/aromatic N) is 3. The van der Waals surface area contributed by atoms with E-state index in [9.17, 15) is 0 Å². The SMILES string of the molecule is Nc1cc(N2CCCCC2)nc(NCc2ccc(CNCCCNC3CCCCC3)cc2)n1. The molecule has 1 aromatic heterocycles. The first kappa shape index (κ1) is 23.8. The number of rotatable bonds is 11. The monoisotopic (exact) mass is 451 g/mol. The first-order chi connectivity index (χ1) is 16.3. The Kier molecular flexibility index (Phi) is 9.18. The highest BCUT2D eigenvalue weighted by Crippen LogP contribution is 2.21. The van der Waals surface area contributed by atoms with E-state index >= 15 is 0 Å². The quantitative estimate of drug-likeness (QED) is 0.383. The zero-order valence-electron chi connectivity index (χ0n) is 20.0. The molecule has 5 N–H and O–H groups in total. The van der Waals surface area contributed by atoms with Crippen molar-refractivity contribution in [3.05, 3.63) is 41.5 Å². The predicted octanol–water partition coefficient (Wildman–Crippen LogP) is 4.06. The summed E-state index contributed by atoms with van der Waals surface area (Å²) in [5.41, 5.74) is 8.56. The van der Waals surface area contributed by atoms with Gasteiger partial charge in [-0.2, -0.15) is 9.97 Å². The fourth-order valence-corrected chi connectivity index (χ4v) is 4.83. The van der Waals surface area contributed by atoms with E-state index in [-0.39, 0.29) is 0 Å². The van der Waals surface area contributed by atoms with Crippen molar-refractivity contribution in [2.45, 2.75) is 76.9 Å². The highest BCUT2D eigenvalue weighted by molar-refractivity contribution is 5.51. The molecular weight excluding hydrogens is 410 g/mol. The second-order valence-electron chi connectivity index (χ2n) is 9.51. The lowest BCUT2D eigenvalue weighted by Crippen LogP contribution is -2.33. The molecule has 2 heterocycles. The Bertz CT molecular complexity index is 827. The van der Waals surface area contributed by atoms with Crippen LogP contribution in [0.2, 0.25) is 0 Å². The molecule has 1 saturated heterocycles. The summed E-state index contributed by atoms with van der Waals surface area (Å²) < 4.78 is 0. The van der Waals surface area contributed by atoms with Crippen LogP contribution in [0.1, 0.15) is 68.9 Å². The van der Waals surface area contributed by atoms with Gasteiger partial charge in [0.05, 0.1) is 0 Å². The average molecular weight is 452 g/mol. The standard InChI is InChI=1S/C26H41N7/c27-24-18-25(33-16-5-2-6-17-33)32-26(31-24)30-20-22-12-10-21(11-13-22)19-28-14-7-15-29-23-8-3-1-4-9-23/h10-13,18,23,28-29H,1-9,14-17,19-20H2,(H3,27,30,31,32). The molecule has 33 heavy (non-hydrogen) atoms. The summed E-state index contributed by atoms with van der Waals surface area (Å²) in [5.74, 6) is 2.05. The summed E-state index contributed by atoms with van der Waals surface area (Å²) in [6.45, 7) is 5.85. The summed E-state index contributed by atoms with van der Waals surface area (Å²) in [7, 11) is 0. The highest BCUT2D eigenvalue weighted by Gasteiger charge is 2.14. The maximum absolute atomic E-state index is 6.04. The van der Waals surface area contributed by atoms with Gasteiger partial charge in [-0.25, -0.2) is 0 Å². The minimum absolute atomic E-state index is 0.517. The predicted molar refractivity (Wildman–Crippen MR) is 137 cm³/mol. The van der Waals surface area contributed by atoms with E-state index in [2.05, 4.69) is 50.1 Å². The normalized spacial score (nSPS) is 17.3. The number of hydrogen-bond acceptors (Lipinski definition) is 7. The Hall–Kier alpha value is -2.38. The minimum atomic E-state index is 0.517. The topological polar surface area (TPSA) is 91.1 Å². The van der Waals surface area contributed by atoms with Crippen molar-refractivity contribution >= 4 is 17.6 Å². The summed E-state index contributed by atoms with van der Waals surface area (Å²) in [4.78, 5) is 11.4. The van der Waals surface area contributed by atoms with Gasteiger partial charge < -0.3 is 26.6 Å². The molecule has 0 unspecified atom stereocenters. The molecule has 2 aliphatic rings. The molecule has 0 bridgehead atoms. The molecule has 0 amide bonds. The van der Waals surface area contributed by atoms with Crippen LogP contribution in [0.15, 0.2) is 30.3 Å². The van der Waals surface area contributed by atoms with E-state index in [0.29, 0.717) is 18.3 Å². The number of anilines is 3. The maximum atomic E-state index is 6.04. The van der Waals surface area contributed by atoms with Gasteiger partial charge in [-0.1, -0.05) is 43.5 Å². The number of aromatic nitrogens is 2. The van der Waals surface area contributed by atoms with Crippen molar-refractivity contribution in [2.75, 3.05) is 42.1 Å². The number of nitrogens with one attached hydrogen (secondary N) is 3. The van der Waals surface area contributed by atoms with Crippen LogP contribution in [-0.2, 0) is 13.1 Å². The van der Waals surface area contributed by atoms with E-state index in [4.69, 9.17) is 10.7 Å². The molecule has 0 radical (unpaired) electrons. The largest absolute Gasteiger partial charge is 0.383 e. The number of hydrogen-bond donors (Lipinski definition) is 4. The third-order valence-corrected chi connectivity index (χ3v) is 6.78. The molecule has 1 aromatic carbocycles. The molecule has 1 saturated carbocycles. The van der Waals surface area contributed by atoms with E-state index in [1.165, 1.54) is 68.9 Å². The lowest BCUT2D eigenvalue weighted by molar-refractivity contribution is 0.371. The molecule has 0 spiro atoms. The van der Waals surface area contributed by atoms with Crippen molar-refractivity contribution in [3.63, 3.8) is 0 Å². The zero-order chi connectivity index (χ0) is 22.7. The summed E-state index contributed by atoms with van der Waals surface area (Å²) in [6, 6.07) is 11.4. The Balaban J connectivity index is 1.15. The van der Waals surface area contributed by atoms with Crippen molar-refractivity contribution in [3.8, 4) is 0 Å². The molecule has 7 nitrogen and oxygen atoms in total. The van der Waals surface area contributed by atoms with Gasteiger partial charge in [0.2, 0.25) is 5.95 Å². The molecule has 2 aromatic rings. The van der Waals surface area contributed by atoms with Crippen LogP contribution in [0, 0.1) is 0 Å². The smallest absolute Gasteiger partial charge is 0.226 e. The van der Waals surface area contributed by atoms with Crippen LogP contribution in [0.4, 0.5) is 17.6 Å². The molecule has 7 heteroatoms. The minimum Gasteiger partial charge on any atom is -0.383 e. The Morgan fingerprint density at radius 3 is 2.30 bits per heavy atom. The van der Waals surface area contributed by atoms with Gasteiger partial charge in [0, 0.05) is 38.3 Å². The van der Waals surface area contributed by atoms with Crippen LogP contribution >= 0.6 is 0 Å². The molecule has 1 aliphatic heterocycles. The molecule has 4 rings (SSSR count). The summed E-state index contributed by atoms with van der Waals surface area (Å²) in [5, 5.41) is 10.6. The first-order valence-electron chi connectivity index (χ1n) is 12.9. The van der Waals surface area contributed by atoms with Crippen LogP contribution in [0.25, 0.3) is 0 Å². The second-order valence-corrected chi connectivity index (χ2v) is 9.51. The Morgan fingerprint density at radius 1 is 0.848 bits per heavy atom. The lowest BCUT2D eigenvalue weighted by atomic mass is 9.95. The summed E-state index contributed by atoms with van der Waals surface area (Å²) >= 11 is 0. The molecule has 2 fully saturated rings. The van der Waals surface area contributed by atoms with Gasteiger partial charge in [-0.05, 0) is 62.7 Å². The van der Waals surface area contributed by atoms with Gasteiger partial charge >= 0.3 is 0 Å². The molecular formula is C26H41N7. The van der Waals surface area contributed by atoms with Crippen molar-refractivity contribution in [1.82, 2.24) is 20.6 Å². The zero-order valence-corrected chi connectivity index (χ0v) is 20.0. The van der Waals surface area contributed by atoms with E-state index in [1.54, 1.807) is 0 Å². The summed E-state index contributed by atoms with van der Waals surface area (Å²) in [6.07, 6.45) is 11.8. The second kappa shape index (κ2) is 12.8. The van der Waals surface area contributed by atoms with Gasteiger partial charge in [-0.3, -0.25) is 0 Å². The third-order valence-electron chi connectivity index (χ3n) is 6.78. The molecule has 1 aliphatic carbocycles. The van der Waals surface area contributed by atoms with Gasteiger partial charge in [0.1, 0.15) is 11.6 Å². The number of nitrogen functional groups attached to an aromatic ring is 1. The van der Waals surface area contributed by atoms with Crippen molar-refractivity contribution in [2.24, 2.45) is 0 Å². The van der Waals surface area contributed by atoms with Gasteiger partial charge in [-0.15, -0.1) is 0 Å². The molecule has 0 atom stereocenters. The van der Waals surface area contributed by atoms with Crippen LogP contribution in [-0.4, -0.2) is 42.2 Å². The van der Waals surface area contributed by atoms with E-state index in [1.807, 2.05) is 6.07 Å². The fraction of sp³-hybridized carbons (Fsp3) is 0.615. The molecule has 180 valence electrons.